The highest BCUT2D eigenvalue weighted by Gasteiger charge is 2.32. The highest BCUT2D eigenvalue weighted by Crippen LogP contribution is 2.03. The van der Waals surface area contributed by atoms with Gasteiger partial charge in [0.05, 0.1) is 25.1 Å². The molecule has 0 bridgehead atoms. The van der Waals surface area contributed by atoms with Crippen molar-refractivity contribution < 1.29 is 44.4 Å². The number of nitrogens with one attached hydrogen (secondary N) is 4. The van der Waals surface area contributed by atoms with Crippen LogP contribution in [0.4, 0.5) is 0 Å². The molecule has 0 fully saturated rings. The number of nitrogens with two attached hydrogens (primary N) is 1. The summed E-state index contributed by atoms with van der Waals surface area (Å²) in [6.45, 7) is 0.251. The molecule has 1 heterocycles. The summed E-state index contributed by atoms with van der Waals surface area (Å²) in [6.07, 6.45) is 0.430. The zero-order valence-corrected chi connectivity index (χ0v) is 17.7. The minimum atomic E-state index is -1.71. The van der Waals surface area contributed by atoms with Crippen molar-refractivity contribution in [3.05, 3.63) is 18.2 Å². The maximum atomic E-state index is 12.5. The van der Waals surface area contributed by atoms with E-state index in [2.05, 4.69) is 20.6 Å². The number of amides is 3. The van der Waals surface area contributed by atoms with Gasteiger partial charge in [0.15, 0.2) is 6.04 Å². The molecule has 33 heavy (non-hydrogen) atoms. The molecule has 15 heteroatoms. The zero-order valence-electron chi connectivity index (χ0n) is 17.7. The van der Waals surface area contributed by atoms with E-state index in [9.17, 15) is 34.2 Å². The van der Waals surface area contributed by atoms with Gasteiger partial charge >= 0.3 is 11.9 Å². The molecule has 1 rings (SSSR count). The van der Waals surface area contributed by atoms with Crippen molar-refractivity contribution in [3.63, 3.8) is 0 Å². The van der Waals surface area contributed by atoms with E-state index >= 15 is 0 Å². The first-order valence-corrected chi connectivity index (χ1v) is 9.83. The van der Waals surface area contributed by atoms with Crippen LogP contribution in [0.5, 0.6) is 0 Å². The highest BCUT2D eigenvalue weighted by atomic mass is 16.4. The van der Waals surface area contributed by atoms with Gasteiger partial charge in [-0.3, -0.25) is 19.2 Å². The average molecular weight is 472 g/mol. The molecule has 1 aromatic rings. The third kappa shape index (κ3) is 9.22. The molecule has 5 unspecified atom stereocenters. The van der Waals surface area contributed by atoms with Gasteiger partial charge in [0.1, 0.15) is 12.1 Å². The summed E-state index contributed by atoms with van der Waals surface area (Å²) < 4.78 is 0. The van der Waals surface area contributed by atoms with Crippen LogP contribution in [0, 0.1) is 0 Å². The van der Waals surface area contributed by atoms with E-state index < -0.39 is 79.4 Å². The number of carboxylic acids is 2. The van der Waals surface area contributed by atoms with Crippen molar-refractivity contribution >= 4 is 29.7 Å². The number of aliphatic carboxylic acids is 2. The molecular formula is C18H28N6O9. The first kappa shape index (κ1) is 27.5. The Balaban J connectivity index is 2.84. The number of carbonyl (C=O) groups excluding carboxylic acids is 3. The van der Waals surface area contributed by atoms with E-state index in [0.717, 1.165) is 6.92 Å². The summed E-state index contributed by atoms with van der Waals surface area (Å²) in [6, 6.07) is -5.87. The Hall–Kier alpha value is -3.56. The number of hydrogen-bond donors (Lipinski definition) is 9. The molecule has 0 aliphatic carbocycles. The van der Waals surface area contributed by atoms with E-state index in [1.165, 1.54) is 12.5 Å². The van der Waals surface area contributed by atoms with Gasteiger partial charge in [0.2, 0.25) is 17.7 Å². The van der Waals surface area contributed by atoms with Crippen LogP contribution in [0.15, 0.2) is 12.5 Å². The van der Waals surface area contributed by atoms with E-state index in [-0.39, 0.29) is 6.42 Å². The normalized spacial score (nSPS) is 15.4. The van der Waals surface area contributed by atoms with Crippen LogP contribution in [-0.4, -0.2) is 96.9 Å². The number of aromatic nitrogens is 2. The summed E-state index contributed by atoms with van der Waals surface area (Å²) in [4.78, 5) is 65.9. The molecular weight excluding hydrogens is 444 g/mol. The number of aliphatic hydroxyl groups is 2. The molecule has 0 aromatic carbocycles. The average Bonchev–Trinajstić information content (AvgIpc) is 3.24. The first-order chi connectivity index (χ1) is 15.5. The zero-order chi connectivity index (χ0) is 25.1. The number of nitrogens with zero attached hydrogens (tertiary/aromatic N) is 1. The van der Waals surface area contributed by atoms with Crippen LogP contribution in [0.1, 0.15) is 25.5 Å². The van der Waals surface area contributed by atoms with Crippen LogP contribution in [-0.2, 0) is 30.4 Å². The van der Waals surface area contributed by atoms with Gasteiger partial charge in [-0.05, 0) is 13.3 Å². The van der Waals surface area contributed by atoms with Crippen molar-refractivity contribution in [3.8, 4) is 0 Å². The summed E-state index contributed by atoms with van der Waals surface area (Å²) in [7, 11) is 0. The van der Waals surface area contributed by atoms with Crippen LogP contribution in [0.2, 0.25) is 0 Å². The van der Waals surface area contributed by atoms with Crippen LogP contribution in [0.3, 0.4) is 0 Å². The maximum absolute atomic E-state index is 12.5. The predicted octanol–water partition coefficient (Wildman–Crippen LogP) is -3.94. The fourth-order valence-electron chi connectivity index (χ4n) is 2.65. The minimum absolute atomic E-state index is 0.0607. The smallest absolute Gasteiger partial charge is 0.328 e. The molecule has 15 nitrogen and oxygen atoms in total. The molecule has 3 amide bonds. The Morgan fingerprint density at radius 3 is 2.15 bits per heavy atom. The molecule has 0 radical (unpaired) electrons. The summed E-state index contributed by atoms with van der Waals surface area (Å²) >= 11 is 0. The molecule has 0 spiro atoms. The third-order valence-electron chi connectivity index (χ3n) is 4.47. The van der Waals surface area contributed by atoms with Gasteiger partial charge in [-0.1, -0.05) is 0 Å². The SMILES string of the molecule is CC(O)C(NC(=O)C(CCC(=O)O)NC(=O)C(CO)NC(=O)C(N)Cc1cnc[nH]1)C(=O)O. The molecule has 184 valence electrons. The van der Waals surface area contributed by atoms with Gasteiger partial charge in [0.25, 0.3) is 0 Å². The third-order valence-corrected chi connectivity index (χ3v) is 4.47. The Morgan fingerprint density at radius 2 is 1.67 bits per heavy atom. The minimum Gasteiger partial charge on any atom is -0.481 e. The quantitative estimate of drug-likeness (QED) is 0.126. The molecule has 0 saturated carbocycles. The second-order valence-electron chi connectivity index (χ2n) is 7.19. The first-order valence-electron chi connectivity index (χ1n) is 9.83. The lowest BCUT2D eigenvalue weighted by Crippen LogP contribution is -2.59. The van der Waals surface area contributed by atoms with Crippen molar-refractivity contribution in [2.45, 2.75) is 56.5 Å². The number of imidazole rings is 1. The largest absolute Gasteiger partial charge is 0.481 e. The standard InChI is InChI=1S/C18H28N6O9/c1-8(26)14(18(32)33)24-16(30)11(2-3-13(27)28)22-17(31)12(6-25)23-15(29)10(19)4-9-5-20-7-21-9/h5,7-8,10-12,14,25-26H,2-4,6,19H2,1H3,(H,20,21)(H,22,31)(H,23,29)(H,24,30)(H,27,28)(H,32,33). The fourth-order valence-corrected chi connectivity index (χ4v) is 2.65. The Bertz CT molecular complexity index is 829. The lowest BCUT2D eigenvalue weighted by molar-refractivity contribution is -0.145. The second-order valence-corrected chi connectivity index (χ2v) is 7.19. The highest BCUT2D eigenvalue weighted by molar-refractivity contribution is 5.94. The van der Waals surface area contributed by atoms with Gasteiger partial charge < -0.3 is 47.1 Å². The number of H-pyrrole nitrogens is 1. The summed E-state index contributed by atoms with van der Waals surface area (Å²) in [5, 5.41) is 43.4. The molecule has 5 atom stereocenters. The molecule has 10 N–H and O–H groups in total. The lowest BCUT2D eigenvalue weighted by atomic mass is 10.1. The molecule has 0 saturated heterocycles. The number of carboxylic acid groups (broad SMARTS) is 2. The van der Waals surface area contributed by atoms with E-state index in [1.54, 1.807) is 0 Å². The maximum Gasteiger partial charge on any atom is 0.328 e. The summed E-state index contributed by atoms with van der Waals surface area (Å²) in [5.41, 5.74) is 6.33. The van der Waals surface area contributed by atoms with Crippen molar-refractivity contribution in [2.24, 2.45) is 5.73 Å². The monoisotopic (exact) mass is 472 g/mol. The van der Waals surface area contributed by atoms with Gasteiger partial charge in [-0.15, -0.1) is 0 Å². The molecule has 1 aromatic heterocycles. The van der Waals surface area contributed by atoms with E-state index in [0.29, 0.717) is 5.69 Å². The van der Waals surface area contributed by atoms with Crippen molar-refractivity contribution in [1.82, 2.24) is 25.9 Å². The van der Waals surface area contributed by atoms with E-state index in [4.69, 9.17) is 15.9 Å². The topological polar surface area (TPSA) is 257 Å². The van der Waals surface area contributed by atoms with E-state index in [1.807, 2.05) is 5.32 Å². The Labute approximate surface area is 187 Å². The predicted molar refractivity (Wildman–Crippen MR) is 109 cm³/mol. The molecule has 0 aliphatic rings. The van der Waals surface area contributed by atoms with Crippen LogP contribution < -0.4 is 21.7 Å². The van der Waals surface area contributed by atoms with Crippen LogP contribution >= 0.6 is 0 Å². The van der Waals surface area contributed by atoms with Crippen molar-refractivity contribution in [1.29, 1.82) is 0 Å². The van der Waals surface area contributed by atoms with Gasteiger partial charge in [-0.25, -0.2) is 9.78 Å². The molecule has 0 aliphatic heterocycles. The summed E-state index contributed by atoms with van der Waals surface area (Å²) in [5.74, 6) is -5.73. The number of hydrogen-bond acceptors (Lipinski definition) is 9. The Morgan fingerprint density at radius 1 is 1.06 bits per heavy atom. The van der Waals surface area contributed by atoms with Crippen molar-refractivity contribution in [2.75, 3.05) is 6.61 Å². The lowest BCUT2D eigenvalue weighted by Gasteiger charge is -2.24. The second kappa shape index (κ2) is 13.1. The number of carbonyl (C=O) groups is 5. The van der Waals surface area contributed by atoms with Crippen LogP contribution in [0.25, 0.3) is 0 Å². The number of aromatic amines is 1. The van der Waals surface area contributed by atoms with Gasteiger partial charge in [0, 0.05) is 24.7 Å². The van der Waals surface area contributed by atoms with Gasteiger partial charge in [-0.2, -0.15) is 0 Å². The number of aliphatic hydroxyl groups excluding tert-OH is 2. The number of rotatable bonds is 14. The Kier molecular flexibility index (Phi) is 10.9. The fraction of sp³-hybridized carbons (Fsp3) is 0.556.